The zero-order valence-electron chi connectivity index (χ0n) is 21.1. The molecule has 2 aromatic carbocycles. The molecule has 0 bridgehead atoms. The molecule has 3 heterocycles. The molecule has 2 aliphatic rings. The Kier molecular flexibility index (Phi) is 7.37. The fraction of sp³-hybridized carbons (Fsp3) is 0.321. The smallest absolute Gasteiger partial charge is 0.416 e. The average molecular weight is 560 g/mol. The molecule has 2 fully saturated rings. The summed E-state index contributed by atoms with van der Waals surface area (Å²) in [5.41, 5.74) is -1.91. The number of piperidine rings is 1. The summed E-state index contributed by atoms with van der Waals surface area (Å²) in [7, 11) is 0. The largest absolute Gasteiger partial charge is 0.459 e. The molecule has 0 unspecified atom stereocenters. The Bertz CT molecular complexity index is 1400. The van der Waals surface area contributed by atoms with Gasteiger partial charge in [0, 0.05) is 32.5 Å². The number of rotatable bonds is 5. The summed E-state index contributed by atoms with van der Waals surface area (Å²) in [5.74, 6) is -2.37. The number of hydrogen-bond donors (Lipinski definition) is 1. The van der Waals surface area contributed by atoms with Crippen molar-refractivity contribution in [2.75, 3.05) is 19.7 Å². The lowest BCUT2D eigenvalue weighted by molar-refractivity contribution is -0.137. The van der Waals surface area contributed by atoms with Crippen molar-refractivity contribution in [3.8, 4) is 0 Å². The number of furan rings is 1. The quantitative estimate of drug-likeness (QED) is 0.473. The molecule has 1 N–H and O–H groups in total. The fourth-order valence-electron chi connectivity index (χ4n) is 5.11. The first-order valence-corrected chi connectivity index (χ1v) is 12.6. The van der Waals surface area contributed by atoms with Crippen LogP contribution in [0.15, 0.2) is 71.3 Å². The van der Waals surface area contributed by atoms with Crippen LogP contribution in [0.25, 0.3) is 0 Å². The maximum Gasteiger partial charge on any atom is 0.416 e. The van der Waals surface area contributed by atoms with E-state index in [2.05, 4.69) is 5.32 Å². The Morgan fingerprint density at radius 2 is 1.73 bits per heavy atom. The van der Waals surface area contributed by atoms with Crippen LogP contribution >= 0.6 is 0 Å². The van der Waals surface area contributed by atoms with E-state index in [0.717, 1.165) is 12.1 Å². The molecular formula is C28H25F4N3O5. The summed E-state index contributed by atoms with van der Waals surface area (Å²) >= 11 is 0. The number of halogens is 4. The van der Waals surface area contributed by atoms with Gasteiger partial charge in [-0.2, -0.15) is 13.2 Å². The second kappa shape index (κ2) is 10.8. The van der Waals surface area contributed by atoms with Crippen LogP contribution in [0.5, 0.6) is 0 Å². The van der Waals surface area contributed by atoms with Crippen LogP contribution in [0, 0.1) is 5.82 Å². The van der Waals surface area contributed by atoms with Gasteiger partial charge in [-0.25, -0.2) is 4.39 Å². The number of benzene rings is 2. The lowest BCUT2D eigenvalue weighted by Crippen LogP contribution is -2.59. The summed E-state index contributed by atoms with van der Waals surface area (Å²) in [5, 5.41) is 2.61. The molecule has 12 heteroatoms. The third-order valence-corrected chi connectivity index (χ3v) is 7.17. The average Bonchev–Trinajstić information content (AvgIpc) is 3.61. The molecule has 1 aromatic heterocycles. The maximum atomic E-state index is 14.2. The Balaban J connectivity index is 1.33. The maximum absolute atomic E-state index is 14.2. The molecule has 40 heavy (non-hydrogen) atoms. The van der Waals surface area contributed by atoms with E-state index < -0.39 is 47.0 Å². The third-order valence-electron chi connectivity index (χ3n) is 7.17. The normalized spacial score (nSPS) is 18.6. The molecule has 3 amide bonds. The molecule has 210 valence electrons. The molecule has 8 nitrogen and oxygen atoms in total. The van der Waals surface area contributed by atoms with Gasteiger partial charge in [-0.05, 0) is 42.0 Å². The zero-order valence-corrected chi connectivity index (χ0v) is 21.1. The Labute approximate surface area is 226 Å². The minimum Gasteiger partial charge on any atom is -0.459 e. The van der Waals surface area contributed by atoms with E-state index in [-0.39, 0.29) is 56.0 Å². The van der Waals surface area contributed by atoms with E-state index in [9.17, 15) is 31.9 Å². The second-order valence-corrected chi connectivity index (χ2v) is 9.61. The lowest BCUT2D eigenvalue weighted by Gasteiger charge is -2.44. The number of amides is 3. The summed E-state index contributed by atoms with van der Waals surface area (Å²) in [6, 6.07) is 12.1. The molecule has 0 aliphatic carbocycles. The lowest BCUT2D eigenvalue weighted by atomic mass is 9.96. The highest BCUT2D eigenvalue weighted by molar-refractivity contribution is 5.97. The van der Waals surface area contributed by atoms with Crippen molar-refractivity contribution in [2.24, 2.45) is 0 Å². The molecule has 1 atom stereocenters. The van der Waals surface area contributed by atoms with Crippen LogP contribution in [0.2, 0.25) is 0 Å². The molecule has 0 saturated carbocycles. The van der Waals surface area contributed by atoms with Crippen LogP contribution in [0.3, 0.4) is 0 Å². The summed E-state index contributed by atoms with van der Waals surface area (Å²) in [6.07, 6.45) is -2.91. The van der Waals surface area contributed by atoms with Crippen molar-refractivity contribution in [3.63, 3.8) is 0 Å². The zero-order chi connectivity index (χ0) is 28.5. The number of hydrogen-bond acceptors (Lipinski definition) is 5. The molecule has 2 saturated heterocycles. The predicted molar refractivity (Wildman–Crippen MR) is 132 cm³/mol. The topological polar surface area (TPSA) is 92.1 Å². The van der Waals surface area contributed by atoms with Crippen molar-refractivity contribution in [1.29, 1.82) is 0 Å². The molecule has 3 aromatic rings. The van der Waals surface area contributed by atoms with Gasteiger partial charge in [0.2, 0.25) is 5.91 Å². The fourth-order valence-corrected chi connectivity index (χ4v) is 5.11. The highest BCUT2D eigenvalue weighted by Gasteiger charge is 2.54. The number of carbonyl (C=O) groups is 3. The number of alkyl halides is 3. The van der Waals surface area contributed by atoms with E-state index in [0.29, 0.717) is 0 Å². The summed E-state index contributed by atoms with van der Waals surface area (Å²) in [6.45, 7) is -0.0938. The Morgan fingerprint density at radius 1 is 0.975 bits per heavy atom. The van der Waals surface area contributed by atoms with E-state index >= 15 is 0 Å². The molecule has 5 rings (SSSR count). The van der Waals surface area contributed by atoms with Gasteiger partial charge in [-0.15, -0.1) is 0 Å². The minimum atomic E-state index is -4.53. The van der Waals surface area contributed by atoms with Gasteiger partial charge in [0.25, 0.3) is 11.8 Å². The molecular weight excluding hydrogens is 534 g/mol. The van der Waals surface area contributed by atoms with Crippen LogP contribution in [0.1, 0.15) is 44.9 Å². The van der Waals surface area contributed by atoms with Crippen molar-refractivity contribution in [1.82, 2.24) is 15.1 Å². The van der Waals surface area contributed by atoms with E-state index in [1.165, 1.54) is 58.5 Å². The highest BCUT2D eigenvalue weighted by atomic mass is 19.4. The predicted octanol–water partition coefficient (Wildman–Crippen LogP) is 4.23. The van der Waals surface area contributed by atoms with Gasteiger partial charge in [0.05, 0.1) is 24.0 Å². The highest BCUT2D eigenvalue weighted by Crippen LogP contribution is 2.39. The van der Waals surface area contributed by atoms with Crippen molar-refractivity contribution in [3.05, 3.63) is 95.2 Å². The van der Waals surface area contributed by atoms with Gasteiger partial charge in [-0.1, -0.05) is 24.3 Å². The van der Waals surface area contributed by atoms with Gasteiger partial charge in [0.1, 0.15) is 17.6 Å². The van der Waals surface area contributed by atoms with Crippen LogP contribution in [-0.2, 0) is 22.3 Å². The molecule has 0 radical (unpaired) electrons. The Hall–Kier alpha value is -4.19. The van der Waals surface area contributed by atoms with Gasteiger partial charge in [-0.3, -0.25) is 19.3 Å². The first-order chi connectivity index (χ1) is 19.1. The standard InChI is InChI=1S/C28H25F4N3O5/c29-21-8-2-1-7-20(21)25(37)34-12-10-27(11-13-34)35(26(38)23-9-4-14-39-23)22(17-40-27)24(36)33-16-18-5-3-6-19(15-18)28(30,31)32/h1-9,14-15,22H,10-13,16-17H2,(H,33,36)/t22-/m1/s1. The second-order valence-electron chi connectivity index (χ2n) is 9.61. The van der Waals surface area contributed by atoms with Crippen molar-refractivity contribution in [2.45, 2.75) is 37.3 Å². The summed E-state index contributed by atoms with van der Waals surface area (Å²) in [4.78, 5) is 42.5. The minimum absolute atomic E-state index is 0.0228. The van der Waals surface area contributed by atoms with Crippen LogP contribution in [0.4, 0.5) is 17.6 Å². The van der Waals surface area contributed by atoms with Crippen LogP contribution in [-0.4, -0.2) is 59.0 Å². The van der Waals surface area contributed by atoms with Crippen molar-refractivity contribution < 1.29 is 41.1 Å². The molecule has 2 aliphatic heterocycles. The van der Waals surface area contributed by atoms with Gasteiger partial charge < -0.3 is 19.4 Å². The first kappa shape index (κ1) is 27.4. The number of nitrogens with one attached hydrogen (secondary N) is 1. The Morgan fingerprint density at radius 3 is 2.40 bits per heavy atom. The summed E-state index contributed by atoms with van der Waals surface area (Å²) < 4.78 is 64.8. The van der Waals surface area contributed by atoms with E-state index in [1.807, 2.05) is 0 Å². The van der Waals surface area contributed by atoms with E-state index in [4.69, 9.17) is 9.15 Å². The van der Waals surface area contributed by atoms with E-state index in [1.54, 1.807) is 6.07 Å². The number of ether oxygens (including phenoxy) is 1. The number of likely N-dealkylation sites (tertiary alicyclic amines) is 1. The van der Waals surface area contributed by atoms with Crippen molar-refractivity contribution >= 4 is 17.7 Å². The van der Waals surface area contributed by atoms with Crippen LogP contribution < -0.4 is 5.32 Å². The third kappa shape index (κ3) is 5.31. The number of nitrogens with zero attached hydrogens (tertiary/aromatic N) is 2. The van der Waals surface area contributed by atoms with Gasteiger partial charge >= 0.3 is 6.18 Å². The number of carbonyl (C=O) groups excluding carboxylic acids is 3. The van der Waals surface area contributed by atoms with Gasteiger partial charge in [0.15, 0.2) is 5.76 Å². The SMILES string of the molecule is O=C(NCc1cccc(C(F)(F)F)c1)[C@H]1COC2(CCN(C(=O)c3ccccc3F)CC2)N1C(=O)c1ccco1. The molecule has 1 spiro atoms. The first-order valence-electron chi connectivity index (χ1n) is 12.6. The monoisotopic (exact) mass is 559 g/mol.